The van der Waals surface area contributed by atoms with E-state index in [9.17, 15) is 14.4 Å². The van der Waals surface area contributed by atoms with Gasteiger partial charge in [-0.15, -0.1) is 5.06 Å². The quantitative estimate of drug-likeness (QED) is 0.705. The molecule has 2 amide bonds. The molecule has 136 valence electrons. The van der Waals surface area contributed by atoms with Crippen molar-refractivity contribution in [1.82, 2.24) is 9.96 Å². The zero-order valence-electron chi connectivity index (χ0n) is 14.0. The molecule has 0 aliphatic carbocycles. The van der Waals surface area contributed by atoms with Crippen LogP contribution < -0.4 is 0 Å². The molecule has 8 heteroatoms. The van der Waals surface area contributed by atoms with Gasteiger partial charge in [-0.05, 0) is 29.8 Å². The van der Waals surface area contributed by atoms with Crippen LogP contribution in [0.4, 0.5) is 0 Å². The number of amides is 2. The minimum absolute atomic E-state index is 0.0505. The maximum absolute atomic E-state index is 12.8. The van der Waals surface area contributed by atoms with Gasteiger partial charge >= 0.3 is 5.97 Å². The van der Waals surface area contributed by atoms with Crippen molar-refractivity contribution in [2.24, 2.45) is 0 Å². The van der Waals surface area contributed by atoms with Crippen molar-refractivity contribution in [3.63, 3.8) is 0 Å². The molecule has 0 spiro atoms. The van der Waals surface area contributed by atoms with Crippen LogP contribution in [-0.4, -0.2) is 34.3 Å². The molecule has 3 heterocycles. The van der Waals surface area contributed by atoms with Gasteiger partial charge < -0.3 is 13.7 Å². The first-order valence-electron chi connectivity index (χ1n) is 8.12. The van der Waals surface area contributed by atoms with Gasteiger partial charge in [0.05, 0.1) is 12.5 Å². The fraction of sp³-hybridized carbons (Fsp3) is 0.105. The number of hydrogen-bond donors (Lipinski definition) is 0. The zero-order valence-corrected chi connectivity index (χ0v) is 14.0. The molecule has 1 atom stereocenters. The number of rotatable bonds is 4. The van der Waals surface area contributed by atoms with Gasteiger partial charge in [-0.25, -0.2) is 4.79 Å². The lowest BCUT2D eigenvalue weighted by atomic mass is 10.1. The van der Waals surface area contributed by atoms with Crippen LogP contribution >= 0.6 is 0 Å². The van der Waals surface area contributed by atoms with Gasteiger partial charge in [0.25, 0.3) is 11.8 Å². The van der Waals surface area contributed by atoms with E-state index in [-0.39, 0.29) is 18.1 Å². The van der Waals surface area contributed by atoms with Gasteiger partial charge in [0.1, 0.15) is 6.54 Å². The van der Waals surface area contributed by atoms with Crippen molar-refractivity contribution in [1.29, 1.82) is 0 Å². The Bertz CT molecular complexity index is 950. The molecular weight excluding hydrogens is 352 g/mol. The topological polar surface area (TPSA) is 93.2 Å². The molecule has 1 fully saturated rings. The summed E-state index contributed by atoms with van der Waals surface area (Å²) in [6.45, 7) is -0.259. The normalized spacial score (nSPS) is 16.6. The molecule has 0 radical (unpaired) electrons. The summed E-state index contributed by atoms with van der Waals surface area (Å²) in [5.74, 6) is -1.82. The van der Waals surface area contributed by atoms with Crippen LogP contribution in [0.2, 0.25) is 0 Å². The Kier molecular flexibility index (Phi) is 4.21. The second-order valence-electron chi connectivity index (χ2n) is 5.77. The van der Waals surface area contributed by atoms with Crippen molar-refractivity contribution in [2.75, 3.05) is 6.54 Å². The molecule has 1 unspecified atom stereocenters. The van der Waals surface area contributed by atoms with Gasteiger partial charge in [-0.1, -0.05) is 30.3 Å². The average molecular weight is 366 g/mol. The number of furan rings is 2. The van der Waals surface area contributed by atoms with Crippen molar-refractivity contribution in [3.05, 3.63) is 84.2 Å². The lowest BCUT2D eigenvalue weighted by Crippen LogP contribution is -2.36. The Morgan fingerprint density at radius 3 is 2.22 bits per heavy atom. The van der Waals surface area contributed by atoms with Crippen molar-refractivity contribution in [3.8, 4) is 0 Å². The minimum atomic E-state index is -0.921. The maximum Gasteiger partial charge on any atom is 0.398 e. The van der Waals surface area contributed by atoms with E-state index in [4.69, 9.17) is 13.7 Å². The molecule has 1 aliphatic heterocycles. The number of hydrogen-bond acceptors (Lipinski definition) is 6. The Hall–Kier alpha value is -3.81. The first kappa shape index (κ1) is 16.6. The summed E-state index contributed by atoms with van der Waals surface area (Å²) in [6, 6.07) is 14.8. The standard InChI is InChI=1S/C19H14N2O6/c22-16-12-20(18(23)14-8-4-10-25-14)17(13-6-2-1-3-7-13)21(16)27-19(24)15-9-5-11-26-15/h1-11,17H,12H2. The first-order chi connectivity index (χ1) is 13.1. The van der Waals surface area contributed by atoms with E-state index < -0.39 is 23.9 Å². The number of nitrogens with zero attached hydrogens (tertiary/aromatic N) is 2. The summed E-state index contributed by atoms with van der Waals surface area (Å²) in [7, 11) is 0. The number of benzene rings is 1. The molecular formula is C19H14N2O6. The molecule has 1 aliphatic rings. The van der Waals surface area contributed by atoms with E-state index in [0.29, 0.717) is 5.56 Å². The van der Waals surface area contributed by atoms with Crippen LogP contribution in [-0.2, 0) is 9.63 Å². The SMILES string of the molecule is O=C(ON1C(=O)CN(C(=O)c2ccco2)C1c1ccccc1)c1ccco1. The van der Waals surface area contributed by atoms with Gasteiger partial charge in [-0.2, -0.15) is 0 Å². The number of carbonyl (C=O) groups is 3. The van der Waals surface area contributed by atoms with Crippen LogP contribution in [0.3, 0.4) is 0 Å². The molecule has 0 saturated carbocycles. The molecule has 1 aromatic carbocycles. The largest absolute Gasteiger partial charge is 0.459 e. The molecule has 2 aromatic heterocycles. The molecule has 8 nitrogen and oxygen atoms in total. The Labute approximate surface area is 153 Å². The summed E-state index contributed by atoms with van der Waals surface area (Å²) < 4.78 is 10.2. The average Bonchev–Trinajstić information content (AvgIpc) is 3.44. The Balaban J connectivity index is 1.68. The summed E-state index contributed by atoms with van der Waals surface area (Å²) in [5, 5.41) is 0.890. The van der Waals surface area contributed by atoms with Crippen LogP contribution in [0, 0.1) is 0 Å². The molecule has 0 bridgehead atoms. The van der Waals surface area contributed by atoms with Crippen molar-refractivity contribution in [2.45, 2.75) is 6.17 Å². The zero-order chi connectivity index (χ0) is 18.8. The van der Waals surface area contributed by atoms with E-state index in [1.165, 1.54) is 35.6 Å². The highest BCUT2D eigenvalue weighted by atomic mass is 16.7. The highest BCUT2D eigenvalue weighted by Crippen LogP contribution is 2.33. The summed E-state index contributed by atoms with van der Waals surface area (Å²) in [4.78, 5) is 44.1. The molecule has 4 rings (SSSR count). The second kappa shape index (κ2) is 6.83. The van der Waals surface area contributed by atoms with Gasteiger partial charge in [0.15, 0.2) is 11.9 Å². The third-order valence-corrected chi connectivity index (χ3v) is 4.06. The monoisotopic (exact) mass is 366 g/mol. The Morgan fingerprint density at radius 1 is 0.926 bits per heavy atom. The van der Waals surface area contributed by atoms with Crippen LogP contribution in [0.5, 0.6) is 0 Å². The first-order valence-corrected chi connectivity index (χ1v) is 8.12. The van der Waals surface area contributed by atoms with Crippen LogP contribution in [0.25, 0.3) is 0 Å². The van der Waals surface area contributed by atoms with Crippen LogP contribution in [0.15, 0.2) is 76.0 Å². The van der Waals surface area contributed by atoms with Gasteiger partial charge in [0, 0.05) is 0 Å². The Morgan fingerprint density at radius 2 is 1.59 bits per heavy atom. The highest BCUT2D eigenvalue weighted by Gasteiger charge is 2.45. The van der Waals surface area contributed by atoms with E-state index in [0.717, 1.165) is 5.06 Å². The third kappa shape index (κ3) is 3.08. The number of hydroxylamine groups is 2. The summed E-state index contributed by atoms with van der Waals surface area (Å²) in [5.41, 5.74) is 0.607. The smallest absolute Gasteiger partial charge is 0.398 e. The lowest BCUT2D eigenvalue weighted by Gasteiger charge is -2.27. The van der Waals surface area contributed by atoms with E-state index >= 15 is 0 Å². The van der Waals surface area contributed by atoms with E-state index in [2.05, 4.69) is 0 Å². The lowest BCUT2D eigenvalue weighted by molar-refractivity contribution is -0.171. The van der Waals surface area contributed by atoms with E-state index in [1.54, 1.807) is 36.4 Å². The molecule has 3 aromatic rings. The fourth-order valence-electron chi connectivity index (χ4n) is 2.86. The summed E-state index contributed by atoms with van der Waals surface area (Å²) >= 11 is 0. The summed E-state index contributed by atoms with van der Waals surface area (Å²) in [6.07, 6.45) is 1.77. The van der Waals surface area contributed by atoms with Gasteiger partial charge in [0.2, 0.25) is 5.76 Å². The number of carbonyl (C=O) groups excluding carboxylic acids is 3. The second-order valence-corrected chi connectivity index (χ2v) is 5.77. The maximum atomic E-state index is 12.8. The van der Waals surface area contributed by atoms with Crippen molar-refractivity contribution >= 4 is 17.8 Å². The van der Waals surface area contributed by atoms with Crippen LogP contribution in [0.1, 0.15) is 32.8 Å². The molecule has 0 N–H and O–H groups in total. The predicted molar refractivity (Wildman–Crippen MR) is 89.9 cm³/mol. The highest BCUT2D eigenvalue weighted by molar-refractivity contribution is 5.97. The van der Waals surface area contributed by atoms with Crippen molar-refractivity contribution < 1.29 is 28.1 Å². The molecule has 1 saturated heterocycles. The van der Waals surface area contributed by atoms with Gasteiger partial charge in [-0.3, -0.25) is 14.5 Å². The predicted octanol–water partition coefficient (Wildman–Crippen LogP) is 2.63. The minimum Gasteiger partial charge on any atom is -0.459 e. The fourth-order valence-corrected chi connectivity index (χ4v) is 2.86. The third-order valence-electron chi connectivity index (χ3n) is 4.06. The molecule has 27 heavy (non-hydrogen) atoms. The van der Waals surface area contributed by atoms with E-state index in [1.807, 2.05) is 0 Å².